The normalized spacial score (nSPS) is 9.93. The summed E-state index contributed by atoms with van der Waals surface area (Å²) in [6.07, 6.45) is 0. The molecule has 0 saturated heterocycles. The van der Waals surface area contributed by atoms with Gasteiger partial charge in [0.1, 0.15) is 11.8 Å². The van der Waals surface area contributed by atoms with E-state index in [9.17, 15) is 0 Å². The van der Waals surface area contributed by atoms with Crippen LogP contribution in [0.5, 0.6) is 0 Å². The second-order valence-corrected chi connectivity index (χ2v) is 3.77. The van der Waals surface area contributed by atoms with Crippen molar-refractivity contribution < 1.29 is 4.42 Å². The van der Waals surface area contributed by atoms with Gasteiger partial charge in [-0.15, -0.1) is 12.6 Å². The summed E-state index contributed by atoms with van der Waals surface area (Å²) in [4.78, 5) is 0.684. The maximum absolute atomic E-state index is 8.63. The average Bonchev–Trinajstić information content (AvgIpc) is 2.70. The lowest BCUT2D eigenvalue weighted by atomic mass is 10.2. The van der Waals surface area contributed by atoms with Gasteiger partial charge in [0.2, 0.25) is 5.76 Å². The Morgan fingerprint density at radius 3 is 2.73 bits per heavy atom. The Labute approximate surface area is 97.5 Å². The summed E-state index contributed by atoms with van der Waals surface area (Å²) in [7, 11) is 0. The van der Waals surface area contributed by atoms with Gasteiger partial charge in [0, 0.05) is 10.5 Å². The molecule has 1 aromatic carbocycles. The SMILES string of the molecule is N#Cc1ccc(-c2cccc(S)c2Cl)o1. The molecule has 0 aliphatic rings. The highest BCUT2D eigenvalue weighted by Crippen LogP contribution is 2.33. The summed E-state index contributed by atoms with van der Waals surface area (Å²) in [5.74, 6) is 0.845. The molecule has 0 atom stereocenters. The maximum atomic E-state index is 8.63. The van der Waals surface area contributed by atoms with Crippen LogP contribution in [-0.4, -0.2) is 0 Å². The molecule has 0 aliphatic carbocycles. The highest BCUT2D eigenvalue weighted by molar-refractivity contribution is 7.80. The number of halogens is 1. The molecule has 0 fully saturated rings. The molecule has 0 radical (unpaired) electrons. The van der Waals surface area contributed by atoms with Crippen molar-refractivity contribution in [2.45, 2.75) is 4.90 Å². The van der Waals surface area contributed by atoms with E-state index in [1.807, 2.05) is 18.2 Å². The Balaban J connectivity index is 2.55. The van der Waals surface area contributed by atoms with Crippen LogP contribution in [0.25, 0.3) is 11.3 Å². The fourth-order valence-electron chi connectivity index (χ4n) is 1.25. The molecule has 4 heteroatoms. The lowest BCUT2D eigenvalue weighted by Crippen LogP contribution is -1.77. The van der Waals surface area contributed by atoms with Crippen molar-refractivity contribution in [2.75, 3.05) is 0 Å². The smallest absolute Gasteiger partial charge is 0.204 e. The van der Waals surface area contributed by atoms with Gasteiger partial charge in [-0.05, 0) is 24.3 Å². The summed E-state index contributed by atoms with van der Waals surface area (Å²) < 4.78 is 5.28. The van der Waals surface area contributed by atoms with E-state index in [-0.39, 0.29) is 5.76 Å². The monoisotopic (exact) mass is 235 g/mol. The van der Waals surface area contributed by atoms with E-state index in [1.165, 1.54) is 0 Å². The summed E-state index contributed by atoms with van der Waals surface area (Å²) in [5.41, 5.74) is 0.741. The first-order valence-corrected chi connectivity index (χ1v) is 5.02. The van der Waals surface area contributed by atoms with Crippen molar-refractivity contribution in [3.8, 4) is 17.4 Å². The lowest BCUT2D eigenvalue weighted by molar-refractivity contribution is 0.567. The summed E-state index contributed by atoms with van der Waals surface area (Å²) in [5, 5.41) is 9.16. The van der Waals surface area contributed by atoms with Gasteiger partial charge in [0.25, 0.3) is 0 Å². The Bertz CT molecular complexity index is 542. The first kappa shape index (κ1) is 10.2. The Morgan fingerprint density at radius 2 is 2.07 bits per heavy atom. The van der Waals surface area contributed by atoms with Crippen molar-refractivity contribution in [1.29, 1.82) is 5.26 Å². The number of nitriles is 1. The zero-order chi connectivity index (χ0) is 10.8. The van der Waals surface area contributed by atoms with Crippen LogP contribution in [0.2, 0.25) is 5.02 Å². The van der Waals surface area contributed by atoms with E-state index in [4.69, 9.17) is 21.3 Å². The topological polar surface area (TPSA) is 36.9 Å². The number of hydrogen-bond donors (Lipinski definition) is 1. The van der Waals surface area contributed by atoms with Gasteiger partial charge < -0.3 is 4.42 Å². The van der Waals surface area contributed by atoms with Gasteiger partial charge >= 0.3 is 0 Å². The molecule has 2 aromatic rings. The molecule has 1 heterocycles. The standard InChI is InChI=1S/C11H6ClNOS/c12-11-8(2-1-3-10(11)15)9-5-4-7(6-13)14-9/h1-5,15H. The minimum absolute atomic E-state index is 0.269. The minimum Gasteiger partial charge on any atom is -0.446 e. The van der Waals surface area contributed by atoms with Crippen LogP contribution in [0.3, 0.4) is 0 Å². The van der Waals surface area contributed by atoms with E-state index < -0.39 is 0 Å². The first-order valence-electron chi connectivity index (χ1n) is 4.20. The van der Waals surface area contributed by atoms with Crippen molar-refractivity contribution in [3.63, 3.8) is 0 Å². The molecule has 74 valence electrons. The molecule has 0 saturated carbocycles. The molecule has 0 spiro atoms. The second kappa shape index (κ2) is 4.01. The fourth-order valence-corrected chi connectivity index (χ4v) is 1.68. The molecular weight excluding hydrogens is 230 g/mol. The van der Waals surface area contributed by atoms with Crippen molar-refractivity contribution in [3.05, 3.63) is 41.1 Å². The summed E-state index contributed by atoms with van der Waals surface area (Å²) in [6.45, 7) is 0. The Kier molecular flexibility index (Phi) is 2.72. The fraction of sp³-hybridized carbons (Fsp3) is 0. The first-order chi connectivity index (χ1) is 7.22. The van der Waals surface area contributed by atoms with Crippen LogP contribution in [0.4, 0.5) is 0 Å². The number of hydrogen-bond acceptors (Lipinski definition) is 3. The van der Waals surface area contributed by atoms with Crippen molar-refractivity contribution in [2.24, 2.45) is 0 Å². The van der Waals surface area contributed by atoms with E-state index >= 15 is 0 Å². The zero-order valence-corrected chi connectivity index (χ0v) is 9.22. The Morgan fingerprint density at radius 1 is 1.27 bits per heavy atom. The number of thiol groups is 1. The van der Waals surface area contributed by atoms with Crippen LogP contribution in [0.15, 0.2) is 39.6 Å². The molecule has 0 unspecified atom stereocenters. The molecule has 0 aliphatic heterocycles. The highest BCUT2D eigenvalue weighted by Gasteiger charge is 2.09. The van der Waals surface area contributed by atoms with E-state index in [0.717, 1.165) is 5.56 Å². The van der Waals surface area contributed by atoms with Crippen molar-refractivity contribution in [1.82, 2.24) is 0 Å². The van der Waals surface area contributed by atoms with E-state index in [0.29, 0.717) is 15.7 Å². The molecule has 15 heavy (non-hydrogen) atoms. The quantitative estimate of drug-likeness (QED) is 0.764. The molecule has 2 rings (SSSR count). The second-order valence-electron chi connectivity index (χ2n) is 2.91. The van der Waals surface area contributed by atoms with Gasteiger partial charge in [0.15, 0.2) is 0 Å². The number of benzene rings is 1. The van der Waals surface area contributed by atoms with Gasteiger partial charge in [-0.2, -0.15) is 5.26 Å². The number of furan rings is 1. The molecular formula is C11H6ClNOS. The average molecular weight is 236 g/mol. The predicted molar refractivity (Wildman–Crippen MR) is 61.1 cm³/mol. The van der Waals surface area contributed by atoms with Crippen LogP contribution in [-0.2, 0) is 0 Å². The predicted octanol–water partition coefficient (Wildman–Crippen LogP) is 3.76. The summed E-state index contributed by atoms with van der Waals surface area (Å²) >= 11 is 10.3. The van der Waals surface area contributed by atoms with Crippen LogP contribution in [0, 0.1) is 11.3 Å². The molecule has 2 nitrogen and oxygen atoms in total. The van der Waals surface area contributed by atoms with E-state index in [2.05, 4.69) is 12.6 Å². The van der Waals surface area contributed by atoms with E-state index in [1.54, 1.807) is 18.2 Å². The van der Waals surface area contributed by atoms with Gasteiger partial charge in [-0.25, -0.2) is 0 Å². The van der Waals surface area contributed by atoms with Crippen LogP contribution < -0.4 is 0 Å². The molecule has 0 bridgehead atoms. The van der Waals surface area contributed by atoms with Gasteiger partial charge in [-0.1, -0.05) is 17.7 Å². The Hall–Kier alpha value is -1.37. The van der Waals surface area contributed by atoms with Crippen LogP contribution >= 0.6 is 24.2 Å². The number of rotatable bonds is 1. The maximum Gasteiger partial charge on any atom is 0.204 e. The molecule has 0 N–H and O–H groups in total. The van der Waals surface area contributed by atoms with Gasteiger partial charge in [0.05, 0.1) is 5.02 Å². The number of nitrogens with zero attached hydrogens (tertiary/aromatic N) is 1. The van der Waals surface area contributed by atoms with Crippen molar-refractivity contribution >= 4 is 24.2 Å². The highest BCUT2D eigenvalue weighted by atomic mass is 35.5. The largest absolute Gasteiger partial charge is 0.446 e. The third-order valence-corrected chi connectivity index (χ3v) is 2.87. The third-order valence-electron chi connectivity index (χ3n) is 1.96. The van der Waals surface area contributed by atoms with Gasteiger partial charge in [-0.3, -0.25) is 0 Å². The zero-order valence-electron chi connectivity index (χ0n) is 7.57. The minimum atomic E-state index is 0.269. The summed E-state index contributed by atoms with van der Waals surface area (Å²) in [6, 6.07) is 10.7. The molecule has 1 aromatic heterocycles. The third kappa shape index (κ3) is 1.87. The van der Waals surface area contributed by atoms with Crippen LogP contribution in [0.1, 0.15) is 5.76 Å². The molecule has 0 amide bonds. The lowest BCUT2D eigenvalue weighted by Gasteiger charge is -2.02.